The van der Waals surface area contributed by atoms with Crippen molar-refractivity contribution in [2.45, 2.75) is 19.4 Å². The van der Waals surface area contributed by atoms with Gasteiger partial charge in [0, 0.05) is 4.47 Å². The maximum Gasteiger partial charge on any atom is 0.233 e. The van der Waals surface area contributed by atoms with Crippen molar-refractivity contribution < 1.29 is 19.1 Å². The van der Waals surface area contributed by atoms with E-state index in [1.165, 1.54) is 4.90 Å². The van der Waals surface area contributed by atoms with Crippen LogP contribution in [-0.2, 0) is 16.1 Å². The second-order valence-electron chi connectivity index (χ2n) is 5.72. The first-order valence-corrected chi connectivity index (χ1v) is 8.26. The number of halogens is 1. The molecule has 2 atom stereocenters. The van der Waals surface area contributed by atoms with E-state index in [-0.39, 0.29) is 30.2 Å². The number of rotatable bonds is 4. The Balaban J connectivity index is 1.87. The van der Waals surface area contributed by atoms with E-state index in [0.717, 1.165) is 10.0 Å². The lowest BCUT2D eigenvalue weighted by Gasteiger charge is -2.17. The van der Waals surface area contributed by atoms with Gasteiger partial charge in [0.1, 0.15) is 0 Å². The van der Waals surface area contributed by atoms with Gasteiger partial charge in [-0.15, -0.1) is 0 Å². The number of likely N-dealkylation sites (tertiary alicyclic amines) is 1. The van der Waals surface area contributed by atoms with E-state index in [1.54, 1.807) is 26.4 Å². The maximum atomic E-state index is 12.5. The summed E-state index contributed by atoms with van der Waals surface area (Å²) in [7, 11) is 3.12. The van der Waals surface area contributed by atoms with E-state index in [4.69, 9.17) is 9.47 Å². The Labute approximate surface area is 143 Å². The lowest BCUT2D eigenvalue weighted by Crippen LogP contribution is -2.30. The van der Waals surface area contributed by atoms with Crippen molar-refractivity contribution in [3.05, 3.63) is 34.3 Å². The molecule has 1 aliphatic heterocycles. The molecule has 1 aromatic rings. The Morgan fingerprint density at radius 1 is 1.04 bits per heavy atom. The molecule has 0 radical (unpaired) electrons. The van der Waals surface area contributed by atoms with Gasteiger partial charge in [-0.05, 0) is 30.5 Å². The van der Waals surface area contributed by atoms with Crippen LogP contribution in [0.5, 0.6) is 11.5 Å². The molecular formula is C17H18BrNO4. The van der Waals surface area contributed by atoms with Crippen molar-refractivity contribution in [2.24, 2.45) is 11.8 Å². The monoisotopic (exact) mass is 379 g/mol. The Hall–Kier alpha value is -1.82. The third kappa shape index (κ3) is 2.76. The number of fused-ring (bicyclic) bond motifs is 1. The molecule has 0 aromatic heterocycles. The van der Waals surface area contributed by atoms with Gasteiger partial charge in [-0.2, -0.15) is 0 Å². The summed E-state index contributed by atoms with van der Waals surface area (Å²) < 4.78 is 11.3. The molecule has 5 nitrogen and oxygen atoms in total. The second-order valence-corrected chi connectivity index (χ2v) is 6.57. The number of nitrogens with zero attached hydrogens (tertiary/aromatic N) is 1. The molecule has 2 amide bonds. The van der Waals surface area contributed by atoms with Crippen molar-refractivity contribution in [3.63, 3.8) is 0 Å². The Morgan fingerprint density at radius 3 is 2.09 bits per heavy atom. The molecule has 122 valence electrons. The smallest absolute Gasteiger partial charge is 0.233 e. The van der Waals surface area contributed by atoms with Gasteiger partial charge in [-0.1, -0.05) is 28.1 Å². The Kier molecular flexibility index (Phi) is 4.43. The van der Waals surface area contributed by atoms with Gasteiger partial charge in [0.25, 0.3) is 0 Å². The summed E-state index contributed by atoms with van der Waals surface area (Å²) in [6.45, 7) is 0.242. The molecule has 1 fully saturated rings. The predicted molar refractivity (Wildman–Crippen MR) is 88.2 cm³/mol. The highest BCUT2D eigenvalue weighted by molar-refractivity contribution is 9.10. The summed E-state index contributed by atoms with van der Waals surface area (Å²) in [6, 6.07) is 3.58. The molecule has 2 unspecified atom stereocenters. The van der Waals surface area contributed by atoms with Crippen LogP contribution in [-0.4, -0.2) is 30.9 Å². The summed E-state index contributed by atoms with van der Waals surface area (Å²) in [5.74, 6) is 0.610. The summed E-state index contributed by atoms with van der Waals surface area (Å²) >= 11 is 3.48. The van der Waals surface area contributed by atoms with E-state index >= 15 is 0 Å². The van der Waals surface area contributed by atoms with E-state index in [0.29, 0.717) is 24.3 Å². The standard InChI is InChI=1S/C17H18BrNO4/c1-22-14-7-10(13(18)8-15(14)23-2)9-19-16(20)11-5-3-4-6-12(11)17(19)21/h3-4,7-8,11-12H,5-6,9H2,1-2H3. The molecule has 1 heterocycles. The third-order valence-corrected chi connectivity index (χ3v) is 5.22. The number of ether oxygens (including phenoxy) is 2. The zero-order valence-electron chi connectivity index (χ0n) is 13.0. The predicted octanol–water partition coefficient (Wildman–Crippen LogP) is 2.92. The number of amides is 2. The summed E-state index contributed by atoms with van der Waals surface area (Å²) in [4.78, 5) is 26.5. The molecular weight excluding hydrogens is 362 g/mol. The van der Waals surface area contributed by atoms with Gasteiger partial charge in [-0.25, -0.2) is 0 Å². The van der Waals surface area contributed by atoms with Crippen LogP contribution in [0.1, 0.15) is 18.4 Å². The number of hydrogen-bond acceptors (Lipinski definition) is 4. The van der Waals surface area contributed by atoms with Crippen LogP contribution in [0.3, 0.4) is 0 Å². The Morgan fingerprint density at radius 2 is 1.57 bits per heavy atom. The van der Waals surface area contributed by atoms with Crippen LogP contribution in [0.2, 0.25) is 0 Å². The van der Waals surface area contributed by atoms with Crippen LogP contribution >= 0.6 is 15.9 Å². The largest absolute Gasteiger partial charge is 0.493 e. The molecule has 0 saturated carbocycles. The average molecular weight is 380 g/mol. The van der Waals surface area contributed by atoms with Crippen LogP contribution < -0.4 is 9.47 Å². The third-order valence-electron chi connectivity index (χ3n) is 4.48. The highest BCUT2D eigenvalue weighted by Crippen LogP contribution is 2.38. The van der Waals surface area contributed by atoms with Crippen LogP contribution in [0.25, 0.3) is 0 Å². The number of hydrogen-bond donors (Lipinski definition) is 0. The number of imide groups is 1. The number of carbonyl (C=O) groups excluding carboxylic acids is 2. The summed E-state index contributed by atoms with van der Waals surface area (Å²) in [6.07, 6.45) is 5.28. The molecule has 3 rings (SSSR count). The van der Waals surface area contributed by atoms with Crippen molar-refractivity contribution in [1.29, 1.82) is 0 Å². The topological polar surface area (TPSA) is 55.8 Å². The quantitative estimate of drug-likeness (QED) is 0.596. The zero-order valence-corrected chi connectivity index (χ0v) is 14.6. The molecule has 2 aliphatic rings. The Bertz CT molecular complexity index is 659. The van der Waals surface area contributed by atoms with Crippen LogP contribution in [0.4, 0.5) is 0 Å². The summed E-state index contributed by atoms with van der Waals surface area (Å²) in [5, 5.41) is 0. The first-order valence-electron chi connectivity index (χ1n) is 7.47. The molecule has 1 aliphatic carbocycles. The van der Waals surface area contributed by atoms with E-state index in [2.05, 4.69) is 15.9 Å². The molecule has 0 N–H and O–H groups in total. The van der Waals surface area contributed by atoms with Crippen LogP contribution in [0, 0.1) is 11.8 Å². The normalized spacial score (nSPS) is 23.2. The molecule has 23 heavy (non-hydrogen) atoms. The molecule has 0 spiro atoms. The number of methoxy groups -OCH3 is 2. The van der Waals surface area contributed by atoms with Crippen molar-refractivity contribution in [3.8, 4) is 11.5 Å². The van der Waals surface area contributed by atoms with E-state index in [9.17, 15) is 9.59 Å². The molecule has 1 saturated heterocycles. The average Bonchev–Trinajstić information content (AvgIpc) is 2.81. The minimum Gasteiger partial charge on any atom is -0.493 e. The maximum absolute atomic E-state index is 12.5. The van der Waals surface area contributed by atoms with Crippen LogP contribution in [0.15, 0.2) is 28.8 Å². The van der Waals surface area contributed by atoms with Gasteiger partial charge < -0.3 is 9.47 Å². The minimum atomic E-state index is -0.202. The zero-order chi connectivity index (χ0) is 16.6. The van der Waals surface area contributed by atoms with Gasteiger partial charge in [-0.3, -0.25) is 14.5 Å². The van der Waals surface area contributed by atoms with E-state index in [1.807, 2.05) is 12.2 Å². The number of carbonyl (C=O) groups is 2. The lowest BCUT2D eigenvalue weighted by molar-refractivity contribution is -0.140. The van der Waals surface area contributed by atoms with E-state index < -0.39 is 0 Å². The highest BCUT2D eigenvalue weighted by Gasteiger charge is 2.47. The first kappa shape index (κ1) is 16.1. The fourth-order valence-electron chi connectivity index (χ4n) is 3.21. The summed E-state index contributed by atoms with van der Waals surface area (Å²) in [5.41, 5.74) is 0.816. The number of allylic oxidation sites excluding steroid dienone is 2. The first-order chi connectivity index (χ1) is 11.1. The van der Waals surface area contributed by atoms with Gasteiger partial charge >= 0.3 is 0 Å². The fraction of sp³-hybridized carbons (Fsp3) is 0.412. The van der Waals surface area contributed by atoms with Gasteiger partial charge in [0.2, 0.25) is 11.8 Å². The van der Waals surface area contributed by atoms with Gasteiger partial charge in [0.05, 0.1) is 32.6 Å². The molecule has 1 aromatic carbocycles. The second kappa shape index (κ2) is 6.35. The number of benzene rings is 1. The molecule has 6 heteroatoms. The van der Waals surface area contributed by atoms with Crippen molar-refractivity contribution in [2.75, 3.05) is 14.2 Å². The lowest BCUT2D eigenvalue weighted by atomic mass is 9.85. The molecule has 0 bridgehead atoms. The fourth-order valence-corrected chi connectivity index (χ4v) is 3.66. The minimum absolute atomic E-state index is 0.0777. The van der Waals surface area contributed by atoms with Gasteiger partial charge in [0.15, 0.2) is 11.5 Å². The SMILES string of the molecule is COc1cc(Br)c(CN2C(=O)C3CC=CCC3C2=O)cc1OC. The highest BCUT2D eigenvalue weighted by atomic mass is 79.9. The van der Waals surface area contributed by atoms with Crippen molar-refractivity contribution in [1.82, 2.24) is 4.90 Å². The van der Waals surface area contributed by atoms with Crippen molar-refractivity contribution >= 4 is 27.7 Å².